The Labute approximate surface area is 166 Å². The maximum absolute atomic E-state index is 11.1. The van der Waals surface area contributed by atoms with Crippen LogP contribution in [0.25, 0.3) is 5.57 Å². The summed E-state index contributed by atoms with van der Waals surface area (Å²) in [5, 5.41) is 11.1. The molecule has 1 N–H and O–H groups in total. The number of aromatic nitrogens is 1. The van der Waals surface area contributed by atoms with Crippen molar-refractivity contribution < 1.29 is 4.92 Å². The molecule has 0 saturated carbocycles. The van der Waals surface area contributed by atoms with Crippen LogP contribution >= 0.6 is 0 Å². The monoisotopic (exact) mass is 377 g/mol. The van der Waals surface area contributed by atoms with Crippen molar-refractivity contribution in [2.45, 2.75) is 54.4 Å². The highest BCUT2D eigenvalue weighted by molar-refractivity contribution is 6.05. The number of non-ortho nitro benzene ring substituents is 1. The summed E-state index contributed by atoms with van der Waals surface area (Å²) in [6.07, 6.45) is 1.88. The number of hydrogen-bond acceptors (Lipinski definition) is 3. The molecule has 146 valence electrons. The molecule has 0 bridgehead atoms. The van der Waals surface area contributed by atoms with Gasteiger partial charge >= 0.3 is 0 Å². The number of H-pyrrole nitrogens is 1. The molecule has 0 radical (unpaired) electrons. The van der Waals surface area contributed by atoms with Crippen molar-refractivity contribution in [1.82, 2.24) is 4.98 Å². The van der Waals surface area contributed by atoms with Crippen LogP contribution in [-0.4, -0.2) is 15.6 Å². The molecule has 2 heterocycles. The van der Waals surface area contributed by atoms with Crippen molar-refractivity contribution in [3.8, 4) is 0 Å². The van der Waals surface area contributed by atoms with Crippen LogP contribution in [0.1, 0.15) is 62.2 Å². The summed E-state index contributed by atoms with van der Waals surface area (Å²) in [6.45, 7) is 12.7. The predicted octanol–water partition coefficient (Wildman–Crippen LogP) is 6.06. The zero-order valence-electron chi connectivity index (χ0n) is 17.4. The van der Waals surface area contributed by atoms with Crippen molar-refractivity contribution in [1.29, 1.82) is 0 Å². The molecule has 1 aromatic carbocycles. The number of nitrogens with zero attached hydrogens (tertiary/aromatic N) is 2. The fourth-order valence-electron chi connectivity index (χ4n) is 4.22. The lowest BCUT2D eigenvalue weighted by Gasteiger charge is -2.13. The van der Waals surface area contributed by atoms with Gasteiger partial charge in [0.15, 0.2) is 0 Å². The molecule has 3 rings (SSSR count). The molecular weight excluding hydrogens is 350 g/mol. The average molecular weight is 377 g/mol. The third-order valence-electron chi connectivity index (χ3n) is 5.68. The Morgan fingerprint density at radius 1 is 1.07 bits per heavy atom. The Hall–Kier alpha value is -2.95. The van der Waals surface area contributed by atoms with Gasteiger partial charge in [-0.2, -0.15) is 0 Å². The Balaban J connectivity index is 2.32. The fourth-order valence-corrected chi connectivity index (χ4v) is 4.22. The van der Waals surface area contributed by atoms with Crippen molar-refractivity contribution in [3.05, 3.63) is 79.3 Å². The van der Waals surface area contributed by atoms with E-state index in [2.05, 4.69) is 39.6 Å². The summed E-state index contributed by atoms with van der Waals surface area (Å²) in [4.78, 5) is 19.2. The van der Waals surface area contributed by atoms with Gasteiger partial charge in [-0.25, -0.2) is 0 Å². The van der Waals surface area contributed by atoms with Gasteiger partial charge in [-0.05, 0) is 80.5 Å². The van der Waals surface area contributed by atoms with E-state index in [9.17, 15) is 10.1 Å². The molecular formula is C23H27N3O2. The summed E-state index contributed by atoms with van der Waals surface area (Å²) in [5.41, 5.74) is 11.2. The van der Waals surface area contributed by atoms with Gasteiger partial charge in [0.2, 0.25) is 0 Å². The molecule has 1 aromatic heterocycles. The lowest BCUT2D eigenvalue weighted by molar-refractivity contribution is -0.384. The smallest absolute Gasteiger partial charge is 0.269 e. The maximum Gasteiger partial charge on any atom is 0.269 e. The number of rotatable bonds is 5. The largest absolute Gasteiger partial charge is 0.358 e. The highest BCUT2D eigenvalue weighted by Crippen LogP contribution is 2.39. The van der Waals surface area contributed by atoms with E-state index in [1.165, 1.54) is 22.3 Å². The Bertz CT molecular complexity index is 1030. The predicted molar refractivity (Wildman–Crippen MR) is 115 cm³/mol. The molecule has 1 aliphatic heterocycles. The van der Waals surface area contributed by atoms with Crippen LogP contribution in [0.2, 0.25) is 0 Å². The van der Waals surface area contributed by atoms with Crippen LogP contribution in [0.15, 0.2) is 46.1 Å². The summed E-state index contributed by atoms with van der Waals surface area (Å²) >= 11 is 0. The topological polar surface area (TPSA) is 71.3 Å². The molecule has 1 aliphatic rings. The van der Waals surface area contributed by atoms with E-state index in [0.717, 1.165) is 46.8 Å². The Morgan fingerprint density at radius 3 is 2.18 bits per heavy atom. The van der Waals surface area contributed by atoms with E-state index in [4.69, 9.17) is 4.99 Å². The molecule has 5 nitrogen and oxygen atoms in total. The van der Waals surface area contributed by atoms with Crippen LogP contribution < -0.4 is 0 Å². The summed E-state index contributed by atoms with van der Waals surface area (Å²) in [6, 6.07) is 6.77. The summed E-state index contributed by atoms with van der Waals surface area (Å²) < 4.78 is 0. The number of hydrogen-bond donors (Lipinski definition) is 1. The van der Waals surface area contributed by atoms with E-state index < -0.39 is 0 Å². The molecule has 0 spiro atoms. The van der Waals surface area contributed by atoms with Crippen LogP contribution in [0, 0.1) is 24.0 Å². The first-order chi connectivity index (χ1) is 13.3. The van der Waals surface area contributed by atoms with Crippen LogP contribution in [0.3, 0.4) is 0 Å². The minimum Gasteiger partial charge on any atom is -0.358 e. The van der Waals surface area contributed by atoms with Crippen molar-refractivity contribution in [3.63, 3.8) is 0 Å². The standard InChI is InChI=1S/C23H27N3O2/c1-7-19-13(3)22(24-15(19)5)21(17-9-11-18(12-10-17)26(27)28)23-14(4)20(8-2)16(6)25-23/h9-12,24H,7-8H2,1-6H3/b23-21-. The maximum atomic E-state index is 11.1. The number of aliphatic imine (C=N–C) groups is 1. The molecule has 5 heteroatoms. The molecule has 2 aromatic rings. The molecule has 0 unspecified atom stereocenters. The van der Waals surface area contributed by atoms with Crippen LogP contribution in [-0.2, 0) is 6.42 Å². The highest BCUT2D eigenvalue weighted by Gasteiger charge is 2.25. The van der Waals surface area contributed by atoms with Gasteiger partial charge in [0.05, 0.1) is 16.3 Å². The van der Waals surface area contributed by atoms with Crippen molar-refractivity contribution in [2.24, 2.45) is 4.99 Å². The Morgan fingerprint density at radius 2 is 1.71 bits per heavy atom. The molecule has 0 fully saturated rings. The highest BCUT2D eigenvalue weighted by atomic mass is 16.6. The average Bonchev–Trinajstić information content (AvgIpc) is 3.11. The number of nitrogens with one attached hydrogen (secondary N) is 1. The quantitative estimate of drug-likeness (QED) is 0.508. The third kappa shape index (κ3) is 3.21. The minimum absolute atomic E-state index is 0.0920. The van der Waals surface area contributed by atoms with Gasteiger partial charge in [-0.3, -0.25) is 15.1 Å². The zero-order valence-corrected chi connectivity index (χ0v) is 17.4. The zero-order chi connectivity index (χ0) is 20.6. The van der Waals surface area contributed by atoms with Crippen LogP contribution in [0.5, 0.6) is 0 Å². The van der Waals surface area contributed by atoms with E-state index in [0.29, 0.717) is 0 Å². The number of allylic oxidation sites excluding steroid dienone is 2. The fraction of sp³-hybridized carbons (Fsp3) is 0.348. The van der Waals surface area contributed by atoms with Gasteiger partial charge in [0.1, 0.15) is 0 Å². The minimum atomic E-state index is -0.367. The molecule has 0 saturated heterocycles. The van der Waals surface area contributed by atoms with Gasteiger partial charge in [-0.1, -0.05) is 13.8 Å². The van der Waals surface area contributed by atoms with E-state index in [1.807, 2.05) is 19.1 Å². The van der Waals surface area contributed by atoms with Gasteiger partial charge in [-0.15, -0.1) is 0 Å². The first-order valence-corrected chi connectivity index (χ1v) is 9.73. The van der Waals surface area contributed by atoms with Gasteiger partial charge < -0.3 is 4.98 Å². The van der Waals surface area contributed by atoms with E-state index >= 15 is 0 Å². The summed E-state index contributed by atoms with van der Waals surface area (Å²) in [7, 11) is 0. The first-order valence-electron chi connectivity index (χ1n) is 9.73. The second-order valence-corrected chi connectivity index (χ2v) is 7.26. The van der Waals surface area contributed by atoms with Gasteiger partial charge in [0, 0.05) is 29.1 Å². The first kappa shape index (κ1) is 19.8. The third-order valence-corrected chi connectivity index (χ3v) is 5.68. The number of nitro benzene ring substituents is 1. The lowest BCUT2D eigenvalue weighted by atomic mass is 9.93. The molecule has 0 atom stereocenters. The second-order valence-electron chi connectivity index (χ2n) is 7.26. The van der Waals surface area contributed by atoms with E-state index in [-0.39, 0.29) is 10.6 Å². The lowest BCUT2D eigenvalue weighted by Crippen LogP contribution is -1.97. The van der Waals surface area contributed by atoms with Crippen molar-refractivity contribution >= 4 is 17.0 Å². The normalized spacial score (nSPS) is 15.9. The molecule has 28 heavy (non-hydrogen) atoms. The molecule has 0 aliphatic carbocycles. The molecule has 0 amide bonds. The number of aromatic amines is 1. The second kappa shape index (κ2) is 7.58. The Kier molecular flexibility index (Phi) is 5.36. The number of aryl methyl sites for hydroxylation is 1. The number of nitro groups is 1. The SMILES string of the molecule is CCC1=C(C)/C(=C(\c2ccc([N+](=O)[O-])cc2)c2[nH]c(C)c(CC)c2C)N=C1C. The number of benzene rings is 1. The van der Waals surface area contributed by atoms with Crippen LogP contribution in [0.4, 0.5) is 5.69 Å². The van der Waals surface area contributed by atoms with Gasteiger partial charge in [0.25, 0.3) is 5.69 Å². The van der Waals surface area contributed by atoms with Crippen molar-refractivity contribution in [2.75, 3.05) is 0 Å². The summed E-state index contributed by atoms with van der Waals surface area (Å²) in [5.74, 6) is 0. The van der Waals surface area contributed by atoms with E-state index in [1.54, 1.807) is 12.1 Å².